The Morgan fingerprint density at radius 2 is 2.00 bits per heavy atom. The van der Waals surface area contributed by atoms with E-state index in [4.69, 9.17) is 5.73 Å². The van der Waals surface area contributed by atoms with Crippen LogP contribution in [0.15, 0.2) is 22.7 Å². The Morgan fingerprint density at radius 3 is 2.62 bits per heavy atom. The van der Waals surface area contributed by atoms with Crippen molar-refractivity contribution in [1.29, 1.82) is 0 Å². The van der Waals surface area contributed by atoms with Crippen molar-refractivity contribution in [2.24, 2.45) is 0 Å². The summed E-state index contributed by atoms with van der Waals surface area (Å²) in [6.45, 7) is 5.93. The zero-order valence-electron chi connectivity index (χ0n) is 11.9. The van der Waals surface area contributed by atoms with Gasteiger partial charge in [0, 0.05) is 38.1 Å². The molecular weight excluding hydrogens is 368 g/mol. The van der Waals surface area contributed by atoms with Gasteiger partial charge in [0.05, 0.1) is 5.69 Å². The largest absolute Gasteiger partial charge is 0.397 e. The number of nitrogens with zero attached hydrogens (tertiary/aromatic N) is 1. The van der Waals surface area contributed by atoms with E-state index in [1.54, 1.807) is 0 Å². The third-order valence-corrected chi connectivity index (χ3v) is 6.65. The Hall–Kier alpha value is -0.720. The summed E-state index contributed by atoms with van der Waals surface area (Å²) in [6.07, 6.45) is 0. The molecule has 2 unspecified atom stereocenters. The van der Waals surface area contributed by atoms with E-state index in [1.807, 2.05) is 34.9 Å². The maximum Gasteiger partial charge on any atom is 0.266 e. The number of halogens is 1. The summed E-state index contributed by atoms with van der Waals surface area (Å²) in [4.78, 5) is 15.4. The number of nitrogen functional groups attached to an aromatic ring is 1. The van der Waals surface area contributed by atoms with Crippen molar-refractivity contribution in [1.82, 2.24) is 4.90 Å². The van der Waals surface area contributed by atoms with Crippen LogP contribution in [0.5, 0.6) is 0 Å². The number of anilines is 1. The first kappa shape index (κ1) is 15.2. The number of thiophene rings is 1. The third-order valence-electron chi connectivity index (χ3n) is 3.60. The minimum absolute atomic E-state index is 0.0691. The van der Waals surface area contributed by atoms with Crippen LogP contribution < -0.4 is 5.73 Å². The Balaban J connectivity index is 1.98. The number of carbonyl (C=O) groups is 1. The van der Waals surface area contributed by atoms with Crippen LogP contribution in [0, 0.1) is 0 Å². The van der Waals surface area contributed by atoms with Gasteiger partial charge in [-0.15, -0.1) is 11.3 Å². The van der Waals surface area contributed by atoms with Crippen molar-refractivity contribution < 1.29 is 4.79 Å². The number of thioether (sulfide) groups is 1. The second-order valence-corrected chi connectivity index (χ2v) is 9.21. The van der Waals surface area contributed by atoms with Gasteiger partial charge in [-0.1, -0.05) is 35.8 Å². The molecule has 6 heteroatoms. The fourth-order valence-corrected chi connectivity index (χ4v) is 5.93. The topological polar surface area (TPSA) is 46.3 Å². The molecule has 0 radical (unpaired) electrons. The molecule has 1 fully saturated rings. The van der Waals surface area contributed by atoms with Gasteiger partial charge in [-0.3, -0.25) is 4.79 Å². The molecule has 1 aromatic carbocycles. The van der Waals surface area contributed by atoms with E-state index in [1.165, 1.54) is 11.3 Å². The minimum atomic E-state index is 0.0691. The van der Waals surface area contributed by atoms with Crippen LogP contribution in [-0.4, -0.2) is 34.4 Å². The standard InChI is InChI=1S/C15H17BrN2OS2/c1-8-6-18(7-9(2)20-8)15(19)14-13(17)12-10(16)4-3-5-11(12)21-14/h3-5,8-9H,6-7,17H2,1-2H3. The molecule has 2 heterocycles. The van der Waals surface area contributed by atoms with E-state index in [2.05, 4.69) is 29.8 Å². The molecule has 21 heavy (non-hydrogen) atoms. The van der Waals surface area contributed by atoms with Gasteiger partial charge in [0.2, 0.25) is 0 Å². The van der Waals surface area contributed by atoms with Crippen LogP contribution in [0.25, 0.3) is 10.1 Å². The molecule has 2 aromatic rings. The minimum Gasteiger partial charge on any atom is -0.397 e. The first-order valence-corrected chi connectivity index (χ1v) is 9.44. The fourth-order valence-electron chi connectivity index (χ4n) is 2.78. The number of benzene rings is 1. The van der Waals surface area contributed by atoms with Crippen LogP contribution >= 0.6 is 39.0 Å². The highest BCUT2D eigenvalue weighted by Gasteiger charge is 2.29. The van der Waals surface area contributed by atoms with Gasteiger partial charge in [-0.05, 0) is 12.1 Å². The molecule has 112 valence electrons. The smallest absolute Gasteiger partial charge is 0.266 e. The number of amides is 1. The maximum atomic E-state index is 12.8. The van der Waals surface area contributed by atoms with Gasteiger partial charge in [-0.2, -0.15) is 11.8 Å². The van der Waals surface area contributed by atoms with E-state index in [0.717, 1.165) is 27.6 Å². The lowest BCUT2D eigenvalue weighted by Gasteiger charge is -2.34. The van der Waals surface area contributed by atoms with E-state index in [-0.39, 0.29) is 5.91 Å². The van der Waals surface area contributed by atoms with Gasteiger partial charge in [0.1, 0.15) is 4.88 Å². The molecule has 1 amide bonds. The van der Waals surface area contributed by atoms with Crippen molar-refractivity contribution in [2.75, 3.05) is 18.8 Å². The molecule has 1 aliphatic rings. The molecular formula is C15H17BrN2OS2. The Bertz CT molecular complexity index is 690. The van der Waals surface area contributed by atoms with Gasteiger partial charge in [-0.25, -0.2) is 0 Å². The molecule has 0 bridgehead atoms. The summed E-state index contributed by atoms with van der Waals surface area (Å²) >= 11 is 6.95. The number of nitrogens with two attached hydrogens (primary N) is 1. The van der Waals surface area contributed by atoms with Gasteiger partial charge >= 0.3 is 0 Å². The van der Waals surface area contributed by atoms with Crippen LogP contribution in [0.3, 0.4) is 0 Å². The third kappa shape index (κ3) is 2.81. The molecule has 1 saturated heterocycles. The van der Waals surface area contributed by atoms with Gasteiger partial charge in [0.25, 0.3) is 5.91 Å². The highest BCUT2D eigenvalue weighted by atomic mass is 79.9. The lowest BCUT2D eigenvalue weighted by molar-refractivity contribution is 0.0759. The summed E-state index contributed by atoms with van der Waals surface area (Å²) < 4.78 is 2.00. The molecule has 0 spiro atoms. The molecule has 0 saturated carbocycles. The molecule has 2 N–H and O–H groups in total. The predicted molar refractivity (Wildman–Crippen MR) is 96.4 cm³/mol. The van der Waals surface area contributed by atoms with Crippen molar-refractivity contribution in [3.63, 3.8) is 0 Å². The van der Waals surface area contributed by atoms with Crippen LogP contribution in [0.4, 0.5) is 5.69 Å². The van der Waals surface area contributed by atoms with Gasteiger partial charge < -0.3 is 10.6 Å². The summed E-state index contributed by atoms with van der Waals surface area (Å²) in [6, 6.07) is 5.94. The van der Waals surface area contributed by atoms with Crippen LogP contribution in [-0.2, 0) is 0 Å². The molecule has 1 aliphatic heterocycles. The summed E-state index contributed by atoms with van der Waals surface area (Å²) in [7, 11) is 0. The highest BCUT2D eigenvalue weighted by Crippen LogP contribution is 2.39. The lowest BCUT2D eigenvalue weighted by atomic mass is 10.2. The Labute approximate surface area is 141 Å². The number of fused-ring (bicyclic) bond motifs is 1. The van der Waals surface area contributed by atoms with E-state index < -0.39 is 0 Å². The molecule has 2 atom stereocenters. The quantitative estimate of drug-likeness (QED) is 0.800. The number of carbonyl (C=O) groups excluding carboxylic acids is 1. The predicted octanol–water partition coefficient (Wildman–Crippen LogP) is 4.21. The summed E-state index contributed by atoms with van der Waals surface area (Å²) in [5, 5.41) is 1.90. The summed E-state index contributed by atoms with van der Waals surface area (Å²) in [5.74, 6) is 0.0691. The van der Waals surface area contributed by atoms with Crippen molar-refractivity contribution in [3.05, 3.63) is 27.5 Å². The van der Waals surface area contributed by atoms with Crippen molar-refractivity contribution >= 4 is 60.7 Å². The molecule has 3 rings (SSSR count). The molecule has 3 nitrogen and oxygen atoms in total. The van der Waals surface area contributed by atoms with Crippen LogP contribution in [0.1, 0.15) is 23.5 Å². The monoisotopic (exact) mass is 384 g/mol. The number of hydrogen-bond donors (Lipinski definition) is 1. The van der Waals surface area contributed by atoms with E-state index >= 15 is 0 Å². The Morgan fingerprint density at radius 1 is 1.33 bits per heavy atom. The first-order valence-electron chi connectivity index (χ1n) is 6.88. The summed E-state index contributed by atoms with van der Waals surface area (Å²) in [5.41, 5.74) is 6.85. The van der Waals surface area contributed by atoms with Crippen molar-refractivity contribution in [3.8, 4) is 0 Å². The zero-order chi connectivity index (χ0) is 15.1. The fraction of sp³-hybridized carbons (Fsp3) is 0.400. The lowest BCUT2D eigenvalue weighted by Crippen LogP contribution is -2.43. The molecule has 0 aliphatic carbocycles. The Kier molecular flexibility index (Phi) is 4.21. The second-order valence-electron chi connectivity index (χ2n) is 5.43. The zero-order valence-corrected chi connectivity index (χ0v) is 15.1. The van der Waals surface area contributed by atoms with Crippen LogP contribution in [0.2, 0.25) is 0 Å². The second kappa shape index (κ2) is 5.82. The van der Waals surface area contributed by atoms with E-state index in [0.29, 0.717) is 21.1 Å². The van der Waals surface area contributed by atoms with Gasteiger partial charge in [0.15, 0.2) is 0 Å². The molecule has 1 aromatic heterocycles. The normalized spacial score (nSPS) is 22.7. The SMILES string of the molecule is CC1CN(C(=O)c2sc3cccc(Br)c3c2N)CC(C)S1. The average molecular weight is 385 g/mol. The first-order chi connectivity index (χ1) is 9.97. The number of hydrogen-bond acceptors (Lipinski definition) is 4. The van der Waals surface area contributed by atoms with Crippen molar-refractivity contribution in [2.45, 2.75) is 24.3 Å². The number of rotatable bonds is 1. The van der Waals surface area contributed by atoms with E-state index in [9.17, 15) is 4.79 Å². The maximum absolute atomic E-state index is 12.8. The average Bonchev–Trinajstić information content (AvgIpc) is 2.75. The highest BCUT2D eigenvalue weighted by molar-refractivity contribution is 9.10.